The molecule has 3 aromatic rings. The summed E-state index contributed by atoms with van der Waals surface area (Å²) in [4.78, 5) is 21.1. The standard InChI is InChI=1S/C21H22N4O2/c1-15-24-19(12-20(25-15)22-13-16-6-4-3-5-7-16)21(26)23-14-17-8-10-18(27-2)11-9-17/h3-12H,13-14H2,1-2H3,(H,23,26)(H,22,24,25). The van der Waals surface area contributed by atoms with Gasteiger partial charge in [0.05, 0.1) is 7.11 Å². The molecule has 0 saturated heterocycles. The monoisotopic (exact) mass is 362 g/mol. The summed E-state index contributed by atoms with van der Waals surface area (Å²) in [6.45, 7) is 2.82. The molecule has 2 aromatic carbocycles. The van der Waals surface area contributed by atoms with Gasteiger partial charge >= 0.3 is 0 Å². The molecule has 0 saturated carbocycles. The number of hydrogen-bond donors (Lipinski definition) is 2. The molecule has 6 heteroatoms. The van der Waals surface area contributed by atoms with Gasteiger partial charge in [-0.15, -0.1) is 0 Å². The van der Waals surface area contributed by atoms with Crippen LogP contribution in [0.15, 0.2) is 60.7 Å². The molecule has 0 aliphatic heterocycles. The number of nitrogens with one attached hydrogen (secondary N) is 2. The molecule has 0 spiro atoms. The van der Waals surface area contributed by atoms with Crippen LogP contribution in [0.3, 0.4) is 0 Å². The van der Waals surface area contributed by atoms with Gasteiger partial charge in [0.25, 0.3) is 5.91 Å². The van der Waals surface area contributed by atoms with Gasteiger partial charge in [-0.3, -0.25) is 4.79 Å². The number of aromatic nitrogens is 2. The molecule has 0 bridgehead atoms. The van der Waals surface area contributed by atoms with Gasteiger partial charge in [-0.25, -0.2) is 9.97 Å². The first kappa shape index (κ1) is 18.4. The van der Waals surface area contributed by atoms with Crippen LogP contribution in [0.5, 0.6) is 5.75 Å². The number of ether oxygens (including phenoxy) is 1. The molecule has 1 amide bonds. The number of anilines is 1. The lowest BCUT2D eigenvalue weighted by molar-refractivity contribution is 0.0945. The molecule has 1 aromatic heterocycles. The number of amides is 1. The Kier molecular flexibility index (Phi) is 5.99. The van der Waals surface area contributed by atoms with Gasteiger partial charge in [0, 0.05) is 19.2 Å². The summed E-state index contributed by atoms with van der Waals surface area (Å²) in [6, 6.07) is 19.2. The number of carbonyl (C=O) groups excluding carboxylic acids is 1. The van der Waals surface area contributed by atoms with Crippen LogP contribution in [0.2, 0.25) is 0 Å². The molecule has 2 N–H and O–H groups in total. The summed E-state index contributed by atoms with van der Waals surface area (Å²) in [5, 5.41) is 6.12. The smallest absolute Gasteiger partial charge is 0.270 e. The molecular weight excluding hydrogens is 340 g/mol. The fourth-order valence-electron chi connectivity index (χ4n) is 2.58. The minimum Gasteiger partial charge on any atom is -0.497 e. The summed E-state index contributed by atoms with van der Waals surface area (Å²) in [7, 11) is 1.62. The van der Waals surface area contributed by atoms with Crippen LogP contribution in [0.1, 0.15) is 27.4 Å². The van der Waals surface area contributed by atoms with E-state index in [9.17, 15) is 4.79 Å². The molecule has 6 nitrogen and oxygen atoms in total. The maximum Gasteiger partial charge on any atom is 0.270 e. The fourth-order valence-corrected chi connectivity index (χ4v) is 2.58. The highest BCUT2D eigenvalue weighted by Gasteiger charge is 2.10. The molecule has 0 aliphatic carbocycles. The van der Waals surface area contributed by atoms with Crippen LogP contribution >= 0.6 is 0 Å². The van der Waals surface area contributed by atoms with Crippen LogP contribution in [-0.2, 0) is 13.1 Å². The van der Waals surface area contributed by atoms with Crippen molar-refractivity contribution in [3.05, 3.63) is 83.3 Å². The third-order valence-corrected chi connectivity index (χ3v) is 4.00. The van der Waals surface area contributed by atoms with E-state index < -0.39 is 0 Å². The summed E-state index contributed by atoms with van der Waals surface area (Å²) in [6.07, 6.45) is 0. The first-order chi connectivity index (χ1) is 13.1. The number of carbonyl (C=O) groups is 1. The lowest BCUT2D eigenvalue weighted by Crippen LogP contribution is -2.24. The van der Waals surface area contributed by atoms with E-state index >= 15 is 0 Å². The van der Waals surface area contributed by atoms with Gasteiger partial charge in [0.15, 0.2) is 0 Å². The quantitative estimate of drug-likeness (QED) is 0.674. The van der Waals surface area contributed by atoms with Crippen molar-refractivity contribution in [1.82, 2.24) is 15.3 Å². The Morgan fingerprint density at radius 3 is 2.37 bits per heavy atom. The van der Waals surface area contributed by atoms with Crippen LogP contribution in [0.25, 0.3) is 0 Å². The highest BCUT2D eigenvalue weighted by molar-refractivity contribution is 5.92. The maximum absolute atomic E-state index is 12.5. The Bertz CT molecular complexity index is 896. The molecule has 0 radical (unpaired) electrons. The minimum atomic E-state index is -0.237. The highest BCUT2D eigenvalue weighted by Crippen LogP contribution is 2.12. The Labute approximate surface area is 158 Å². The van der Waals surface area contributed by atoms with E-state index in [1.165, 1.54) is 0 Å². The van der Waals surface area contributed by atoms with Crippen LogP contribution in [-0.4, -0.2) is 23.0 Å². The number of methoxy groups -OCH3 is 1. The van der Waals surface area contributed by atoms with Crippen LogP contribution < -0.4 is 15.4 Å². The van der Waals surface area contributed by atoms with Crippen molar-refractivity contribution in [2.75, 3.05) is 12.4 Å². The van der Waals surface area contributed by atoms with Gasteiger partial charge in [0.1, 0.15) is 23.1 Å². The summed E-state index contributed by atoms with van der Waals surface area (Å²) >= 11 is 0. The Balaban J connectivity index is 1.62. The predicted molar refractivity (Wildman–Crippen MR) is 105 cm³/mol. The zero-order valence-corrected chi connectivity index (χ0v) is 15.4. The Morgan fingerprint density at radius 2 is 1.67 bits per heavy atom. The second kappa shape index (κ2) is 8.80. The third kappa shape index (κ3) is 5.28. The third-order valence-electron chi connectivity index (χ3n) is 4.00. The van der Waals surface area contributed by atoms with Crippen molar-refractivity contribution in [3.63, 3.8) is 0 Å². The lowest BCUT2D eigenvalue weighted by atomic mass is 10.2. The number of rotatable bonds is 7. The Hall–Kier alpha value is -3.41. The van der Waals surface area contributed by atoms with Gasteiger partial charge < -0.3 is 15.4 Å². The van der Waals surface area contributed by atoms with E-state index in [4.69, 9.17) is 4.74 Å². The average Bonchev–Trinajstić information content (AvgIpc) is 2.71. The second-order valence-electron chi connectivity index (χ2n) is 6.06. The fraction of sp³-hybridized carbons (Fsp3) is 0.190. The van der Waals surface area contributed by atoms with E-state index in [2.05, 4.69) is 20.6 Å². The molecule has 1 heterocycles. The number of hydrogen-bond acceptors (Lipinski definition) is 5. The van der Waals surface area contributed by atoms with Gasteiger partial charge in [-0.1, -0.05) is 42.5 Å². The molecule has 0 aliphatic rings. The zero-order valence-electron chi connectivity index (χ0n) is 15.4. The van der Waals surface area contributed by atoms with Crippen LogP contribution in [0.4, 0.5) is 5.82 Å². The normalized spacial score (nSPS) is 10.3. The molecule has 0 atom stereocenters. The molecule has 0 unspecified atom stereocenters. The molecular formula is C21H22N4O2. The van der Waals surface area contributed by atoms with Gasteiger partial charge in [-0.2, -0.15) is 0 Å². The van der Waals surface area contributed by atoms with Crippen molar-refractivity contribution >= 4 is 11.7 Å². The van der Waals surface area contributed by atoms with E-state index in [0.717, 1.165) is 16.9 Å². The summed E-state index contributed by atoms with van der Waals surface area (Å²) in [5.41, 5.74) is 2.46. The largest absolute Gasteiger partial charge is 0.497 e. The first-order valence-corrected chi connectivity index (χ1v) is 8.68. The van der Waals surface area contributed by atoms with E-state index in [1.807, 2.05) is 54.6 Å². The summed E-state index contributed by atoms with van der Waals surface area (Å²) < 4.78 is 5.13. The SMILES string of the molecule is COc1ccc(CNC(=O)c2cc(NCc3ccccc3)nc(C)n2)cc1. The predicted octanol–water partition coefficient (Wildman–Crippen LogP) is 3.34. The van der Waals surface area contributed by atoms with Crippen molar-refractivity contribution in [1.29, 1.82) is 0 Å². The molecule has 138 valence electrons. The van der Waals surface area contributed by atoms with Crippen molar-refractivity contribution < 1.29 is 9.53 Å². The first-order valence-electron chi connectivity index (χ1n) is 8.68. The van der Waals surface area contributed by atoms with E-state index in [-0.39, 0.29) is 5.91 Å². The number of nitrogens with zero attached hydrogens (tertiary/aromatic N) is 2. The van der Waals surface area contributed by atoms with Crippen LogP contribution in [0, 0.1) is 6.92 Å². The zero-order chi connectivity index (χ0) is 19.1. The second-order valence-corrected chi connectivity index (χ2v) is 6.06. The maximum atomic E-state index is 12.5. The number of aryl methyl sites for hydroxylation is 1. The Morgan fingerprint density at radius 1 is 0.963 bits per heavy atom. The van der Waals surface area contributed by atoms with E-state index in [1.54, 1.807) is 20.1 Å². The number of benzene rings is 2. The van der Waals surface area contributed by atoms with Crippen molar-refractivity contribution in [2.45, 2.75) is 20.0 Å². The topological polar surface area (TPSA) is 76.1 Å². The van der Waals surface area contributed by atoms with Crippen molar-refractivity contribution in [2.24, 2.45) is 0 Å². The average molecular weight is 362 g/mol. The molecule has 27 heavy (non-hydrogen) atoms. The lowest BCUT2D eigenvalue weighted by Gasteiger charge is -2.10. The molecule has 0 fully saturated rings. The molecule has 3 rings (SSSR count). The van der Waals surface area contributed by atoms with E-state index in [0.29, 0.717) is 30.4 Å². The van der Waals surface area contributed by atoms with Crippen molar-refractivity contribution in [3.8, 4) is 5.75 Å². The van der Waals surface area contributed by atoms with Gasteiger partial charge in [-0.05, 0) is 30.2 Å². The minimum absolute atomic E-state index is 0.237. The highest BCUT2D eigenvalue weighted by atomic mass is 16.5. The van der Waals surface area contributed by atoms with Gasteiger partial charge in [0.2, 0.25) is 0 Å². The summed E-state index contributed by atoms with van der Waals surface area (Å²) in [5.74, 6) is 1.72.